The van der Waals surface area contributed by atoms with Crippen LogP contribution in [0.2, 0.25) is 0 Å². The number of aromatic nitrogens is 3. The number of benzene rings is 1. The molecule has 2 aromatic rings. The van der Waals surface area contributed by atoms with Gasteiger partial charge in [0.2, 0.25) is 0 Å². The number of rotatable bonds is 4. The van der Waals surface area contributed by atoms with Crippen LogP contribution in [0.15, 0.2) is 24.3 Å². The fourth-order valence-corrected chi connectivity index (χ4v) is 4.25. The maximum absolute atomic E-state index is 12.7. The standard InChI is InChI=1S/C17H22N4OS/c1-11-18-16(20-19-11)12-7-9-13(10-8-12)17(22)21(2)14-5-4-6-15(14)23-3/h7-10,14-15H,4-6H2,1-3H3,(H,18,19,20)/t14-,15+/m0/s1. The molecule has 2 atom stereocenters. The van der Waals surface area contributed by atoms with Gasteiger partial charge in [-0.2, -0.15) is 16.9 Å². The second-order valence-electron chi connectivity index (χ2n) is 6.01. The average molecular weight is 330 g/mol. The number of carbonyl (C=O) groups is 1. The number of amides is 1. The molecule has 23 heavy (non-hydrogen) atoms. The minimum atomic E-state index is 0.0914. The topological polar surface area (TPSA) is 61.9 Å². The van der Waals surface area contributed by atoms with Crippen molar-refractivity contribution in [2.24, 2.45) is 0 Å². The molecule has 1 heterocycles. The van der Waals surface area contributed by atoms with Gasteiger partial charge in [-0.3, -0.25) is 9.89 Å². The lowest BCUT2D eigenvalue weighted by molar-refractivity contribution is 0.0738. The Bertz CT molecular complexity index is 682. The molecule has 1 N–H and O–H groups in total. The molecule has 1 fully saturated rings. The van der Waals surface area contributed by atoms with Gasteiger partial charge in [0.1, 0.15) is 5.82 Å². The van der Waals surface area contributed by atoms with Crippen LogP contribution in [-0.2, 0) is 0 Å². The van der Waals surface area contributed by atoms with Gasteiger partial charge >= 0.3 is 0 Å². The van der Waals surface area contributed by atoms with Crippen LogP contribution in [0, 0.1) is 6.92 Å². The van der Waals surface area contributed by atoms with E-state index in [0.29, 0.717) is 17.1 Å². The third-order valence-corrected chi connectivity index (χ3v) is 5.68. The molecule has 0 aliphatic heterocycles. The van der Waals surface area contributed by atoms with Crippen LogP contribution in [0.4, 0.5) is 0 Å². The number of nitrogens with zero attached hydrogens (tertiary/aromatic N) is 3. The first-order chi connectivity index (χ1) is 11.1. The molecule has 0 bridgehead atoms. The van der Waals surface area contributed by atoms with Crippen molar-refractivity contribution in [3.63, 3.8) is 0 Å². The SMILES string of the molecule is CS[C@@H]1CCC[C@@H]1N(C)C(=O)c1ccc(-c2n[nH]c(C)n2)cc1. The summed E-state index contributed by atoms with van der Waals surface area (Å²) in [5.41, 5.74) is 1.63. The second-order valence-corrected chi connectivity index (χ2v) is 7.09. The molecule has 122 valence electrons. The summed E-state index contributed by atoms with van der Waals surface area (Å²) in [5, 5.41) is 7.53. The summed E-state index contributed by atoms with van der Waals surface area (Å²) in [7, 11) is 1.92. The number of carbonyl (C=O) groups excluding carboxylic acids is 1. The van der Waals surface area contributed by atoms with Crippen LogP contribution in [0.25, 0.3) is 11.4 Å². The molecule has 5 nitrogen and oxygen atoms in total. The minimum Gasteiger partial charge on any atom is -0.338 e. The predicted molar refractivity (Wildman–Crippen MR) is 93.6 cm³/mol. The molecule has 1 aromatic heterocycles. The van der Waals surface area contributed by atoms with Crippen LogP contribution in [0.5, 0.6) is 0 Å². The maximum Gasteiger partial charge on any atom is 0.253 e. The average Bonchev–Trinajstić information content (AvgIpc) is 3.22. The van der Waals surface area contributed by atoms with Gasteiger partial charge in [-0.05, 0) is 38.2 Å². The third kappa shape index (κ3) is 3.27. The molecule has 1 amide bonds. The lowest BCUT2D eigenvalue weighted by Crippen LogP contribution is -2.40. The van der Waals surface area contributed by atoms with E-state index in [2.05, 4.69) is 21.4 Å². The Labute approximate surface area is 140 Å². The molecular weight excluding hydrogens is 308 g/mol. The maximum atomic E-state index is 12.7. The number of aromatic amines is 1. The van der Waals surface area contributed by atoms with Gasteiger partial charge in [0.05, 0.1) is 0 Å². The first-order valence-corrected chi connectivity index (χ1v) is 9.18. The van der Waals surface area contributed by atoms with Crippen LogP contribution in [0.1, 0.15) is 35.4 Å². The summed E-state index contributed by atoms with van der Waals surface area (Å²) in [4.78, 5) is 19.0. The van der Waals surface area contributed by atoms with Gasteiger partial charge in [-0.1, -0.05) is 18.6 Å². The monoisotopic (exact) mass is 330 g/mol. The summed E-state index contributed by atoms with van der Waals surface area (Å²) < 4.78 is 0. The van der Waals surface area contributed by atoms with Crippen molar-refractivity contribution in [3.05, 3.63) is 35.7 Å². The third-order valence-electron chi connectivity index (χ3n) is 4.53. The van der Waals surface area contributed by atoms with Crippen LogP contribution >= 0.6 is 11.8 Å². The molecule has 0 spiro atoms. The fraction of sp³-hybridized carbons (Fsp3) is 0.471. The molecule has 0 saturated heterocycles. The number of hydrogen-bond acceptors (Lipinski definition) is 4. The van der Waals surface area contributed by atoms with Gasteiger partial charge < -0.3 is 4.90 Å². The van der Waals surface area contributed by atoms with Gasteiger partial charge in [0.15, 0.2) is 5.82 Å². The predicted octanol–water partition coefficient (Wildman–Crippen LogP) is 3.14. The van der Waals surface area contributed by atoms with E-state index in [4.69, 9.17) is 0 Å². The summed E-state index contributed by atoms with van der Waals surface area (Å²) in [6, 6.07) is 7.88. The van der Waals surface area contributed by atoms with Crippen LogP contribution in [0.3, 0.4) is 0 Å². The molecule has 6 heteroatoms. The highest BCUT2D eigenvalue weighted by Gasteiger charge is 2.32. The largest absolute Gasteiger partial charge is 0.338 e. The molecule has 0 radical (unpaired) electrons. The molecule has 0 unspecified atom stereocenters. The zero-order chi connectivity index (χ0) is 16.4. The van der Waals surface area contributed by atoms with E-state index in [9.17, 15) is 4.79 Å². The minimum absolute atomic E-state index is 0.0914. The number of aryl methyl sites for hydroxylation is 1. The first-order valence-electron chi connectivity index (χ1n) is 7.89. The fourth-order valence-electron chi connectivity index (χ4n) is 3.21. The van der Waals surface area contributed by atoms with Crippen LogP contribution in [-0.4, -0.2) is 50.6 Å². The number of nitrogens with one attached hydrogen (secondary N) is 1. The Hall–Kier alpha value is -1.82. The van der Waals surface area contributed by atoms with E-state index in [-0.39, 0.29) is 5.91 Å². The highest BCUT2D eigenvalue weighted by atomic mass is 32.2. The van der Waals surface area contributed by atoms with Crippen molar-refractivity contribution < 1.29 is 4.79 Å². The molecule has 1 saturated carbocycles. The lowest BCUT2D eigenvalue weighted by atomic mass is 10.1. The van der Waals surface area contributed by atoms with E-state index < -0.39 is 0 Å². The van der Waals surface area contributed by atoms with Crippen LogP contribution < -0.4 is 0 Å². The Morgan fingerprint density at radius 3 is 2.65 bits per heavy atom. The number of thioether (sulfide) groups is 1. The van der Waals surface area contributed by atoms with Crippen molar-refractivity contribution >= 4 is 17.7 Å². The van der Waals surface area contributed by atoms with Crippen molar-refractivity contribution in [2.45, 2.75) is 37.5 Å². The smallest absolute Gasteiger partial charge is 0.253 e. The van der Waals surface area contributed by atoms with Crippen molar-refractivity contribution in [1.82, 2.24) is 20.1 Å². The normalized spacial score (nSPS) is 20.7. The Morgan fingerprint density at radius 1 is 1.30 bits per heavy atom. The molecule has 3 rings (SSSR count). The van der Waals surface area contributed by atoms with E-state index >= 15 is 0 Å². The van der Waals surface area contributed by atoms with E-state index in [0.717, 1.165) is 23.4 Å². The lowest BCUT2D eigenvalue weighted by Gasteiger charge is -2.29. The number of hydrogen-bond donors (Lipinski definition) is 1. The Morgan fingerprint density at radius 2 is 2.04 bits per heavy atom. The molecular formula is C17H22N4OS. The Kier molecular flexibility index (Phi) is 4.71. The van der Waals surface area contributed by atoms with Crippen molar-refractivity contribution in [3.8, 4) is 11.4 Å². The van der Waals surface area contributed by atoms with E-state index in [1.165, 1.54) is 12.8 Å². The van der Waals surface area contributed by atoms with Gasteiger partial charge in [0.25, 0.3) is 5.91 Å². The highest BCUT2D eigenvalue weighted by Crippen LogP contribution is 2.32. The van der Waals surface area contributed by atoms with Gasteiger partial charge in [0, 0.05) is 29.5 Å². The number of H-pyrrole nitrogens is 1. The summed E-state index contributed by atoms with van der Waals surface area (Å²) in [6.07, 6.45) is 5.64. The van der Waals surface area contributed by atoms with E-state index in [1.807, 2.05) is 54.9 Å². The molecule has 1 aromatic carbocycles. The van der Waals surface area contributed by atoms with Gasteiger partial charge in [-0.15, -0.1) is 0 Å². The highest BCUT2D eigenvalue weighted by molar-refractivity contribution is 7.99. The second kappa shape index (κ2) is 6.74. The van der Waals surface area contributed by atoms with Gasteiger partial charge in [-0.25, -0.2) is 4.98 Å². The quantitative estimate of drug-likeness (QED) is 0.935. The summed E-state index contributed by atoms with van der Waals surface area (Å²) >= 11 is 1.87. The zero-order valence-corrected chi connectivity index (χ0v) is 14.6. The summed E-state index contributed by atoms with van der Waals surface area (Å²) in [6.45, 7) is 1.87. The van der Waals surface area contributed by atoms with Crippen molar-refractivity contribution in [1.29, 1.82) is 0 Å². The summed E-state index contributed by atoms with van der Waals surface area (Å²) in [5.74, 6) is 1.53. The molecule has 1 aliphatic carbocycles. The van der Waals surface area contributed by atoms with Crippen molar-refractivity contribution in [2.75, 3.05) is 13.3 Å². The molecule has 1 aliphatic rings. The first kappa shape index (κ1) is 16.1. The zero-order valence-electron chi connectivity index (χ0n) is 13.7. The Balaban J connectivity index is 1.75. The van der Waals surface area contributed by atoms with E-state index in [1.54, 1.807) is 0 Å².